The van der Waals surface area contributed by atoms with Crippen molar-refractivity contribution in [2.24, 2.45) is 5.92 Å². The number of hydrogen-bond acceptors (Lipinski definition) is 6. The van der Waals surface area contributed by atoms with E-state index < -0.39 is 5.60 Å². The number of carbonyl (C=O) groups is 1. The van der Waals surface area contributed by atoms with Crippen LogP contribution in [-0.4, -0.2) is 64.2 Å². The van der Waals surface area contributed by atoms with Gasteiger partial charge in [0.05, 0.1) is 24.4 Å². The van der Waals surface area contributed by atoms with Crippen LogP contribution in [0.5, 0.6) is 5.75 Å². The van der Waals surface area contributed by atoms with Gasteiger partial charge in [-0.05, 0) is 37.9 Å². The predicted octanol–water partition coefficient (Wildman–Crippen LogP) is 4.81. The highest BCUT2D eigenvalue weighted by atomic mass is 127. The van der Waals surface area contributed by atoms with Gasteiger partial charge in [-0.15, -0.1) is 0 Å². The summed E-state index contributed by atoms with van der Waals surface area (Å²) in [7, 11) is 0. The smallest absolute Gasteiger partial charge is 0.415 e. The molecule has 2 aromatic rings. The Morgan fingerprint density at radius 3 is 2.64 bits per heavy atom. The third-order valence-electron chi connectivity index (χ3n) is 6.90. The molecule has 7 nitrogen and oxygen atoms in total. The second-order valence-corrected chi connectivity index (χ2v) is 15.9. The first kappa shape index (κ1) is 27.6. The van der Waals surface area contributed by atoms with E-state index >= 15 is 0 Å². The van der Waals surface area contributed by atoms with Crippen molar-refractivity contribution < 1.29 is 24.5 Å². The van der Waals surface area contributed by atoms with Crippen LogP contribution in [0.15, 0.2) is 48.5 Å². The Labute approximate surface area is 232 Å². The number of halogens is 2. The number of ether oxygens (including phenoxy) is 2. The number of hydrogen-bond donors (Lipinski definition) is 2. The van der Waals surface area contributed by atoms with Gasteiger partial charge in [-0.25, -0.2) is 4.79 Å². The summed E-state index contributed by atoms with van der Waals surface area (Å²) >= 11 is -0.754. The lowest BCUT2D eigenvalue weighted by atomic mass is 9.83. The summed E-state index contributed by atoms with van der Waals surface area (Å²) in [6.07, 6.45) is 1.19. The minimum atomic E-state index is -1.09. The van der Waals surface area contributed by atoms with E-state index in [4.69, 9.17) is 9.47 Å². The number of amides is 1. The first-order valence-corrected chi connectivity index (χ1v) is 17.5. The summed E-state index contributed by atoms with van der Waals surface area (Å²) in [6.45, 7) is 4.21. The maximum absolute atomic E-state index is 12.8. The van der Waals surface area contributed by atoms with Crippen LogP contribution in [0.2, 0.25) is 0 Å². The van der Waals surface area contributed by atoms with E-state index in [0.717, 1.165) is 42.0 Å². The fourth-order valence-electron chi connectivity index (χ4n) is 4.74. The van der Waals surface area contributed by atoms with E-state index in [9.17, 15) is 15.0 Å². The first-order valence-electron chi connectivity index (χ1n) is 12.0. The molecular weight excluding hydrogens is 686 g/mol. The second-order valence-electron chi connectivity index (χ2n) is 9.46. The van der Waals surface area contributed by atoms with Gasteiger partial charge in [0.1, 0.15) is 11.9 Å². The molecule has 0 unspecified atom stereocenters. The fraction of sp³-hybridized carbons (Fsp3) is 0.444. The Bertz CT molecular complexity index is 1070. The largest absolute Gasteiger partial charge is 0.471 e. The molecule has 36 heavy (non-hydrogen) atoms. The molecule has 2 aliphatic rings. The molecule has 0 bridgehead atoms. The molecular formula is C27H34I2N2O5. The normalized spacial score (nSPS) is 22.4. The van der Waals surface area contributed by atoms with Crippen molar-refractivity contribution in [1.82, 2.24) is 4.90 Å². The monoisotopic (exact) mass is 720 g/mol. The maximum Gasteiger partial charge on any atom is 0.415 e. The molecule has 196 valence electrons. The second kappa shape index (κ2) is 12.4. The Kier molecular flexibility index (Phi) is 9.53. The number of aliphatic hydroxyl groups is 2. The summed E-state index contributed by atoms with van der Waals surface area (Å²) in [5, 5.41) is 20.2. The Balaban J connectivity index is 1.56. The molecule has 1 amide bonds. The third-order valence-corrected chi connectivity index (χ3v) is 13.3. The Hall–Kier alpha value is -1.41. The van der Waals surface area contributed by atoms with Crippen LogP contribution in [0.25, 0.3) is 0 Å². The molecule has 0 radical (unpaired) electrons. The molecule has 2 aliphatic heterocycles. The van der Waals surface area contributed by atoms with E-state index in [0.29, 0.717) is 19.6 Å². The van der Waals surface area contributed by atoms with E-state index in [1.165, 1.54) is 0 Å². The molecule has 0 aromatic heterocycles. The molecule has 2 aromatic carbocycles. The summed E-state index contributed by atoms with van der Waals surface area (Å²) < 4.78 is 20.4. The highest BCUT2D eigenvalue weighted by Crippen LogP contribution is 2.36. The molecule has 0 aliphatic carbocycles. The number of benzene rings is 2. The molecule has 2 N–H and O–H groups in total. The molecule has 4 rings (SSSR count). The average molecular weight is 720 g/mol. The number of piperidine rings is 1. The first-order chi connectivity index (χ1) is 17.3. The number of rotatable bonds is 10. The van der Waals surface area contributed by atoms with E-state index in [1.54, 1.807) is 11.8 Å². The van der Waals surface area contributed by atoms with Gasteiger partial charge < -0.3 is 19.7 Å². The van der Waals surface area contributed by atoms with E-state index in [-0.39, 0.29) is 68.3 Å². The van der Waals surface area contributed by atoms with Gasteiger partial charge in [-0.1, -0.05) is 86.9 Å². The highest BCUT2D eigenvalue weighted by Gasteiger charge is 2.36. The average Bonchev–Trinajstić information content (AvgIpc) is 3.30. The number of aliphatic hydroxyl groups excluding tert-OH is 1. The maximum atomic E-state index is 12.8. The van der Waals surface area contributed by atoms with Crippen molar-refractivity contribution in [3.8, 4) is 5.75 Å². The number of carbonyl (C=O) groups excluding carboxylic acids is 1. The Morgan fingerprint density at radius 1 is 1.19 bits per heavy atom. The summed E-state index contributed by atoms with van der Waals surface area (Å²) in [4.78, 5) is 16.7. The van der Waals surface area contributed by atoms with Crippen LogP contribution in [0.3, 0.4) is 0 Å². The van der Waals surface area contributed by atoms with E-state index in [2.05, 4.69) is 13.9 Å². The van der Waals surface area contributed by atoms with Crippen LogP contribution in [0.1, 0.15) is 37.0 Å². The molecule has 3 atom stereocenters. The van der Waals surface area contributed by atoms with Crippen molar-refractivity contribution in [3.63, 3.8) is 0 Å². The van der Waals surface area contributed by atoms with Crippen molar-refractivity contribution in [3.05, 3.63) is 59.7 Å². The van der Waals surface area contributed by atoms with Gasteiger partial charge >= 0.3 is 6.09 Å². The topological polar surface area (TPSA) is 82.5 Å². The van der Waals surface area contributed by atoms with Gasteiger partial charge in [0.25, 0.3) is 0 Å². The predicted molar refractivity (Wildman–Crippen MR) is 162 cm³/mol. The number of alkyl halides is 2. The van der Waals surface area contributed by atoms with Gasteiger partial charge in [-0.2, -0.15) is 0 Å². The van der Waals surface area contributed by atoms with Crippen molar-refractivity contribution in [1.29, 1.82) is 0 Å². The highest BCUT2D eigenvalue weighted by molar-refractivity contribution is 14.3. The lowest BCUT2D eigenvalue weighted by molar-refractivity contribution is -0.0697. The quantitative estimate of drug-likeness (QED) is 0.271. The number of nitrogens with zero attached hydrogens (tertiary/aromatic N) is 2. The zero-order valence-electron chi connectivity index (χ0n) is 20.5. The summed E-state index contributed by atoms with van der Waals surface area (Å²) in [6, 6.07) is 15.7. The zero-order chi connectivity index (χ0) is 25.7. The number of anilines is 1. The van der Waals surface area contributed by atoms with Gasteiger partial charge in [-0.3, -0.25) is 9.80 Å². The minimum Gasteiger partial charge on any atom is -0.471 e. The zero-order valence-corrected chi connectivity index (χ0v) is 24.8. The number of cyclic esters (lactones) is 1. The van der Waals surface area contributed by atoms with E-state index in [1.807, 2.05) is 48.5 Å². The van der Waals surface area contributed by atoms with Crippen LogP contribution in [0, 0.1) is 5.92 Å². The summed E-state index contributed by atoms with van der Waals surface area (Å²) in [5.41, 5.74) is 1.67. The fourth-order valence-corrected chi connectivity index (χ4v) is 7.47. The van der Waals surface area contributed by atoms with Gasteiger partial charge in [0.2, 0.25) is 0 Å². The minimum absolute atomic E-state index is 0.0124. The Morgan fingerprint density at radius 2 is 1.94 bits per heavy atom. The molecule has 0 saturated carbocycles. The van der Waals surface area contributed by atoms with Gasteiger partial charge in [0, 0.05) is 30.6 Å². The molecule has 2 saturated heterocycles. The standard InChI is InChI=1S/C27H34I2N2O5/c1-27(34,18-32)21-10-7-13-30(16-21)15-20-11-12-22(14-23(20)35-25(28-2)29-3)31-17-24(36-26(31)33)19-8-5-4-6-9-19/h4-6,8-9,11-12,14,21,24-25,32,34H,2-3,7,10,13,15-18H2,1H3/t21-,24-,27+/m0/s1. The molecule has 0 spiro atoms. The van der Waals surface area contributed by atoms with Crippen LogP contribution < -0.4 is 9.64 Å². The van der Waals surface area contributed by atoms with Crippen LogP contribution >= 0.6 is 41.5 Å². The SMILES string of the molecule is C=IC(Oc1cc(N2C[C@@H](c3ccccc3)OC2=O)ccc1CN1CCC[C@H]([C@](C)(O)CO)C1)I=C. The molecule has 9 heteroatoms. The van der Waals surface area contributed by atoms with Crippen molar-refractivity contribution >= 4 is 62.3 Å². The summed E-state index contributed by atoms with van der Waals surface area (Å²) in [5.74, 6) is 0.773. The molecule has 2 heterocycles. The van der Waals surface area contributed by atoms with Crippen LogP contribution in [0.4, 0.5) is 10.5 Å². The van der Waals surface area contributed by atoms with Gasteiger partial charge in [0.15, 0.2) is 2.12 Å². The van der Waals surface area contributed by atoms with Crippen molar-refractivity contribution in [2.75, 3.05) is 31.1 Å². The van der Waals surface area contributed by atoms with Crippen LogP contribution in [-0.2, 0) is 11.3 Å². The lowest BCUT2D eigenvalue weighted by Crippen LogP contribution is -2.47. The number of likely N-dealkylation sites (tertiary alicyclic amines) is 1. The lowest BCUT2D eigenvalue weighted by Gasteiger charge is -2.39. The molecule has 2 fully saturated rings. The van der Waals surface area contributed by atoms with Crippen molar-refractivity contribution in [2.45, 2.75) is 40.1 Å². The third kappa shape index (κ3) is 6.53.